The van der Waals surface area contributed by atoms with Crippen LogP contribution in [-0.4, -0.2) is 24.4 Å². The number of benzene rings is 1. The number of nitrogens with one attached hydrogen (secondary N) is 2. The van der Waals surface area contributed by atoms with Crippen molar-refractivity contribution in [3.63, 3.8) is 0 Å². The minimum absolute atomic E-state index is 0.0194. The molecule has 1 fully saturated rings. The summed E-state index contributed by atoms with van der Waals surface area (Å²) in [6.07, 6.45) is 4.96. The van der Waals surface area contributed by atoms with E-state index >= 15 is 0 Å². The van der Waals surface area contributed by atoms with E-state index in [1.165, 1.54) is 32.6 Å². The molecule has 0 bridgehead atoms. The van der Waals surface area contributed by atoms with Crippen molar-refractivity contribution >= 4 is 23.2 Å². The molecule has 5 heteroatoms. The van der Waals surface area contributed by atoms with Gasteiger partial charge in [0.15, 0.2) is 6.54 Å². The molecule has 0 aliphatic heterocycles. The molecule has 22 heavy (non-hydrogen) atoms. The van der Waals surface area contributed by atoms with Gasteiger partial charge in [-0.3, -0.25) is 9.59 Å². The van der Waals surface area contributed by atoms with Crippen LogP contribution >= 0.6 is 0 Å². The Bertz CT molecular complexity index is 505. The topological polar surface area (TPSA) is 74.8 Å². The first-order valence-electron chi connectivity index (χ1n) is 8.04. The third kappa shape index (κ3) is 5.48. The second-order valence-corrected chi connectivity index (χ2v) is 6.27. The second kappa shape index (κ2) is 7.94. The summed E-state index contributed by atoms with van der Waals surface area (Å²) >= 11 is 0. The summed E-state index contributed by atoms with van der Waals surface area (Å²) in [7, 11) is 0. The van der Waals surface area contributed by atoms with E-state index in [0.29, 0.717) is 12.6 Å². The van der Waals surface area contributed by atoms with Crippen LogP contribution < -0.4 is 16.0 Å². The van der Waals surface area contributed by atoms with Gasteiger partial charge in [-0.1, -0.05) is 6.92 Å². The van der Waals surface area contributed by atoms with E-state index in [2.05, 4.69) is 22.9 Å². The minimum Gasteiger partial charge on any atom is -0.336 e. The maximum absolute atomic E-state index is 12.0. The fraction of sp³-hybridized carbons (Fsp3) is 0.529. The van der Waals surface area contributed by atoms with E-state index in [1.807, 2.05) is 0 Å². The number of anilines is 2. The van der Waals surface area contributed by atoms with E-state index in [4.69, 9.17) is 0 Å². The molecule has 1 aliphatic rings. The number of hydrogen-bond donors (Lipinski definition) is 3. The summed E-state index contributed by atoms with van der Waals surface area (Å²) in [6.45, 7) is 4.23. The first-order chi connectivity index (χ1) is 10.5. The molecule has 0 heterocycles. The molecule has 1 aliphatic carbocycles. The van der Waals surface area contributed by atoms with Crippen molar-refractivity contribution in [3.8, 4) is 0 Å². The monoisotopic (exact) mass is 304 g/mol. The Morgan fingerprint density at radius 2 is 1.59 bits per heavy atom. The predicted molar refractivity (Wildman–Crippen MR) is 87.6 cm³/mol. The van der Waals surface area contributed by atoms with E-state index in [0.717, 1.165) is 17.3 Å². The van der Waals surface area contributed by atoms with Crippen LogP contribution in [0.4, 0.5) is 11.4 Å². The molecule has 4 N–H and O–H groups in total. The zero-order chi connectivity index (χ0) is 15.9. The summed E-state index contributed by atoms with van der Waals surface area (Å²) in [5.74, 6) is 0.750. The number of carbonyl (C=O) groups excluding carboxylic acids is 2. The van der Waals surface area contributed by atoms with Gasteiger partial charge in [0.2, 0.25) is 5.91 Å². The van der Waals surface area contributed by atoms with Gasteiger partial charge in [0.1, 0.15) is 0 Å². The van der Waals surface area contributed by atoms with Crippen molar-refractivity contribution in [3.05, 3.63) is 24.3 Å². The Hall–Kier alpha value is -1.88. The van der Waals surface area contributed by atoms with Gasteiger partial charge in [-0.2, -0.15) is 0 Å². The average Bonchev–Trinajstić information content (AvgIpc) is 2.48. The van der Waals surface area contributed by atoms with Crippen LogP contribution in [0, 0.1) is 5.92 Å². The Morgan fingerprint density at radius 3 is 2.14 bits per heavy atom. The Balaban J connectivity index is 1.73. The van der Waals surface area contributed by atoms with E-state index in [1.54, 1.807) is 24.3 Å². The van der Waals surface area contributed by atoms with Gasteiger partial charge < -0.3 is 16.0 Å². The Labute approximate surface area is 131 Å². The highest BCUT2D eigenvalue weighted by atomic mass is 16.2. The van der Waals surface area contributed by atoms with Gasteiger partial charge in [0.05, 0.1) is 6.04 Å². The molecule has 2 rings (SSSR count). The van der Waals surface area contributed by atoms with Crippen molar-refractivity contribution in [2.75, 3.05) is 17.2 Å². The fourth-order valence-electron chi connectivity index (χ4n) is 2.85. The molecule has 1 saturated carbocycles. The zero-order valence-corrected chi connectivity index (χ0v) is 13.4. The van der Waals surface area contributed by atoms with Gasteiger partial charge in [-0.25, -0.2) is 0 Å². The molecule has 5 nitrogen and oxygen atoms in total. The summed E-state index contributed by atoms with van der Waals surface area (Å²) in [4.78, 5) is 22.9. The Kier molecular flexibility index (Phi) is 5.95. The number of amides is 2. The smallest absolute Gasteiger partial charge is 0.279 e. The highest BCUT2D eigenvalue weighted by Crippen LogP contribution is 2.21. The van der Waals surface area contributed by atoms with Crippen molar-refractivity contribution in [1.82, 2.24) is 0 Å². The summed E-state index contributed by atoms with van der Waals surface area (Å²) in [5.41, 5.74) is 1.48. The van der Waals surface area contributed by atoms with Crippen molar-refractivity contribution in [2.45, 2.75) is 45.6 Å². The standard InChI is InChI=1S/C17H25N3O2/c1-12-3-5-14(6-4-12)18-11-17(22)20-16-9-7-15(8-10-16)19-13(2)21/h7-10,12,14,18H,3-6,11H2,1-2H3,(H,19,21)(H,20,22)/p+1. The fourth-order valence-corrected chi connectivity index (χ4v) is 2.85. The number of carbonyl (C=O) groups is 2. The first kappa shape index (κ1) is 16.5. The molecule has 1 aromatic carbocycles. The van der Waals surface area contributed by atoms with Crippen LogP contribution in [-0.2, 0) is 9.59 Å². The van der Waals surface area contributed by atoms with Crippen molar-refractivity contribution in [2.24, 2.45) is 5.92 Å². The van der Waals surface area contributed by atoms with Crippen LogP contribution in [0.2, 0.25) is 0 Å². The summed E-state index contributed by atoms with van der Waals surface area (Å²) in [6, 6.07) is 7.74. The number of hydrogen-bond acceptors (Lipinski definition) is 2. The lowest BCUT2D eigenvalue weighted by molar-refractivity contribution is -0.681. The largest absolute Gasteiger partial charge is 0.336 e. The van der Waals surface area contributed by atoms with Crippen molar-refractivity contribution < 1.29 is 14.9 Å². The van der Waals surface area contributed by atoms with Crippen LogP contribution in [0.5, 0.6) is 0 Å². The van der Waals surface area contributed by atoms with E-state index in [9.17, 15) is 9.59 Å². The van der Waals surface area contributed by atoms with Gasteiger partial charge in [-0.05, 0) is 55.9 Å². The van der Waals surface area contributed by atoms with Crippen LogP contribution in [0.15, 0.2) is 24.3 Å². The van der Waals surface area contributed by atoms with Crippen LogP contribution in [0.3, 0.4) is 0 Å². The molecule has 120 valence electrons. The molecule has 0 atom stereocenters. The number of nitrogens with two attached hydrogens (primary N) is 1. The predicted octanol–water partition coefficient (Wildman–Crippen LogP) is 1.73. The highest BCUT2D eigenvalue weighted by molar-refractivity contribution is 5.92. The number of rotatable bonds is 5. The van der Waals surface area contributed by atoms with Gasteiger partial charge >= 0.3 is 0 Å². The maximum atomic E-state index is 12.0. The third-order valence-electron chi connectivity index (χ3n) is 4.19. The normalized spacial score (nSPS) is 21.2. The molecular formula is C17H26N3O2+. The molecular weight excluding hydrogens is 278 g/mol. The zero-order valence-electron chi connectivity index (χ0n) is 13.4. The van der Waals surface area contributed by atoms with Gasteiger partial charge in [0, 0.05) is 18.3 Å². The molecule has 2 amide bonds. The van der Waals surface area contributed by atoms with Crippen LogP contribution in [0.1, 0.15) is 39.5 Å². The lowest BCUT2D eigenvalue weighted by Gasteiger charge is -2.24. The molecule has 0 aromatic heterocycles. The lowest BCUT2D eigenvalue weighted by atomic mass is 9.87. The minimum atomic E-state index is -0.104. The average molecular weight is 304 g/mol. The van der Waals surface area contributed by atoms with Crippen LogP contribution in [0.25, 0.3) is 0 Å². The quantitative estimate of drug-likeness (QED) is 0.775. The summed E-state index contributed by atoms with van der Waals surface area (Å²) in [5, 5.41) is 7.75. The van der Waals surface area contributed by atoms with Gasteiger partial charge in [-0.15, -0.1) is 0 Å². The van der Waals surface area contributed by atoms with Crippen molar-refractivity contribution in [1.29, 1.82) is 0 Å². The molecule has 0 saturated heterocycles. The second-order valence-electron chi connectivity index (χ2n) is 6.27. The molecule has 0 unspecified atom stereocenters. The Morgan fingerprint density at radius 1 is 1.05 bits per heavy atom. The number of quaternary nitrogens is 1. The molecule has 0 radical (unpaired) electrons. The van der Waals surface area contributed by atoms with Gasteiger partial charge in [0.25, 0.3) is 5.91 Å². The molecule has 1 aromatic rings. The SMILES string of the molecule is CC(=O)Nc1ccc(NC(=O)C[NH2+]C2CCC(C)CC2)cc1. The van der Waals surface area contributed by atoms with E-state index < -0.39 is 0 Å². The third-order valence-corrected chi connectivity index (χ3v) is 4.19. The summed E-state index contributed by atoms with van der Waals surface area (Å²) < 4.78 is 0. The van der Waals surface area contributed by atoms with E-state index in [-0.39, 0.29) is 11.8 Å². The lowest BCUT2D eigenvalue weighted by Crippen LogP contribution is -2.92. The molecule has 0 spiro atoms. The maximum Gasteiger partial charge on any atom is 0.279 e. The highest BCUT2D eigenvalue weighted by Gasteiger charge is 2.21. The first-order valence-corrected chi connectivity index (χ1v) is 8.04.